The third-order valence-corrected chi connectivity index (χ3v) is 5.13. The molecule has 1 heterocycles. The minimum absolute atomic E-state index is 0.282. The molecule has 0 fully saturated rings. The molecule has 0 atom stereocenters. The van der Waals surface area contributed by atoms with Gasteiger partial charge in [-0.05, 0) is 13.8 Å². The van der Waals surface area contributed by atoms with E-state index in [-0.39, 0.29) is 4.90 Å². The van der Waals surface area contributed by atoms with Crippen LogP contribution >= 0.6 is 0 Å². The zero-order valence-corrected chi connectivity index (χ0v) is 12.6. The summed E-state index contributed by atoms with van der Waals surface area (Å²) in [5.41, 5.74) is 6.64. The van der Waals surface area contributed by atoms with Gasteiger partial charge in [0.05, 0.1) is 17.9 Å². The molecule has 0 aliphatic rings. The van der Waals surface area contributed by atoms with Crippen molar-refractivity contribution in [2.24, 2.45) is 5.73 Å². The SMILES string of the molecule is C=CCN(CC)S(=O)(=O)c1c(C)nn(CCN)c1C. The summed E-state index contributed by atoms with van der Waals surface area (Å²) >= 11 is 0. The Morgan fingerprint density at radius 3 is 2.58 bits per heavy atom. The second-order valence-corrected chi connectivity index (χ2v) is 6.13. The average Bonchev–Trinajstić information content (AvgIpc) is 2.62. The van der Waals surface area contributed by atoms with Crippen molar-refractivity contribution >= 4 is 10.0 Å². The minimum atomic E-state index is -3.53. The molecule has 2 N–H and O–H groups in total. The maximum atomic E-state index is 12.6. The predicted octanol–water partition coefficient (Wildman–Crippen LogP) is 0.655. The van der Waals surface area contributed by atoms with Gasteiger partial charge in [0.25, 0.3) is 0 Å². The molecule has 0 unspecified atom stereocenters. The maximum absolute atomic E-state index is 12.6. The van der Waals surface area contributed by atoms with Crippen LogP contribution in [0.25, 0.3) is 0 Å². The van der Waals surface area contributed by atoms with Crippen molar-refractivity contribution in [3.63, 3.8) is 0 Å². The molecule has 108 valence electrons. The van der Waals surface area contributed by atoms with E-state index in [0.29, 0.717) is 37.6 Å². The lowest BCUT2D eigenvalue weighted by Crippen LogP contribution is -2.31. The summed E-state index contributed by atoms with van der Waals surface area (Å²) in [6.45, 7) is 10.5. The van der Waals surface area contributed by atoms with Crippen LogP contribution in [-0.4, -0.2) is 42.1 Å². The highest BCUT2D eigenvalue weighted by molar-refractivity contribution is 7.89. The number of likely N-dealkylation sites (N-methyl/N-ethyl adjacent to an activating group) is 1. The Bertz CT molecular complexity index is 548. The minimum Gasteiger partial charge on any atom is -0.329 e. The normalized spacial score (nSPS) is 12.1. The van der Waals surface area contributed by atoms with E-state index in [4.69, 9.17) is 5.73 Å². The summed E-state index contributed by atoms with van der Waals surface area (Å²) in [5, 5.41) is 4.25. The van der Waals surface area contributed by atoms with Gasteiger partial charge in [0, 0.05) is 19.6 Å². The Morgan fingerprint density at radius 1 is 1.47 bits per heavy atom. The molecular formula is C12H22N4O2S. The first-order valence-corrected chi connectivity index (χ1v) is 7.69. The monoisotopic (exact) mass is 286 g/mol. The smallest absolute Gasteiger partial charge is 0.247 e. The number of aromatic nitrogens is 2. The van der Waals surface area contributed by atoms with Crippen LogP contribution in [0.2, 0.25) is 0 Å². The van der Waals surface area contributed by atoms with Gasteiger partial charge in [-0.3, -0.25) is 4.68 Å². The Balaban J connectivity index is 3.31. The van der Waals surface area contributed by atoms with Crippen molar-refractivity contribution in [3.05, 3.63) is 24.0 Å². The Kier molecular flexibility index (Phi) is 5.28. The number of nitrogens with zero attached hydrogens (tertiary/aromatic N) is 3. The molecule has 0 saturated heterocycles. The number of aryl methyl sites for hydroxylation is 1. The molecule has 0 bridgehead atoms. The third-order valence-electron chi connectivity index (χ3n) is 2.94. The van der Waals surface area contributed by atoms with Crippen LogP contribution in [0.4, 0.5) is 0 Å². The van der Waals surface area contributed by atoms with E-state index in [0.717, 1.165) is 0 Å². The Morgan fingerprint density at radius 2 is 2.11 bits per heavy atom. The van der Waals surface area contributed by atoms with E-state index in [1.807, 2.05) is 0 Å². The van der Waals surface area contributed by atoms with Crippen molar-refractivity contribution in [2.75, 3.05) is 19.6 Å². The van der Waals surface area contributed by atoms with Gasteiger partial charge >= 0.3 is 0 Å². The van der Waals surface area contributed by atoms with Crippen molar-refractivity contribution in [2.45, 2.75) is 32.2 Å². The molecule has 0 saturated carbocycles. The molecule has 0 amide bonds. The van der Waals surface area contributed by atoms with Gasteiger partial charge in [0.2, 0.25) is 10.0 Å². The van der Waals surface area contributed by atoms with Crippen LogP contribution in [0, 0.1) is 13.8 Å². The molecule has 0 spiro atoms. The second kappa shape index (κ2) is 6.31. The molecule has 19 heavy (non-hydrogen) atoms. The lowest BCUT2D eigenvalue weighted by atomic mass is 10.4. The van der Waals surface area contributed by atoms with Crippen LogP contribution in [0.1, 0.15) is 18.3 Å². The first-order valence-electron chi connectivity index (χ1n) is 6.25. The van der Waals surface area contributed by atoms with E-state index < -0.39 is 10.0 Å². The fraction of sp³-hybridized carbons (Fsp3) is 0.583. The maximum Gasteiger partial charge on any atom is 0.247 e. The Labute approximate surface area is 114 Å². The number of nitrogens with two attached hydrogens (primary N) is 1. The summed E-state index contributed by atoms with van der Waals surface area (Å²) < 4.78 is 28.2. The average molecular weight is 286 g/mol. The van der Waals surface area contributed by atoms with E-state index in [1.165, 1.54) is 4.31 Å². The fourth-order valence-corrected chi connectivity index (χ4v) is 3.86. The van der Waals surface area contributed by atoms with Gasteiger partial charge in [-0.25, -0.2) is 8.42 Å². The number of hydrogen-bond donors (Lipinski definition) is 1. The molecule has 7 heteroatoms. The summed E-state index contributed by atoms with van der Waals surface area (Å²) in [4.78, 5) is 0.282. The third kappa shape index (κ3) is 3.05. The number of rotatable bonds is 7. The van der Waals surface area contributed by atoms with Crippen LogP contribution in [0.5, 0.6) is 0 Å². The van der Waals surface area contributed by atoms with E-state index in [2.05, 4.69) is 11.7 Å². The lowest BCUT2D eigenvalue weighted by molar-refractivity contribution is 0.458. The quantitative estimate of drug-likeness (QED) is 0.746. The zero-order chi connectivity index (χ0) is 14.6. The zero-order valence-electron chi connectivity index (χ0n) is 11.8. The van der Waals surface area contributed by atoms with E-state index in [1.54, 1.807) is 31.5 Å². The van der Waals surface area contributed by atoms with Gasteiger partial charge in [-0.15, -0.1) is 6.58 Å². The van der Waals surface area contributed by atoms with Crippen molar-refractivity contribution in [1.82, 2.24) is 14.1 Å². The molecule has 0 radical (unpaired) electrons. The Hall–Kier alpha value is -1.18. The molecule has 0 aromatic carbocycles. The molecule has 6 nitrogen and oxygen atoms in total. The van der Waals surface area contributed by atoms with Gasteiger partial charge in [-0.2, -0.15) is 9.40 Å². The first-order chi connectivity index (χ1) is 8.89. The topological polar surface area (TPSA) is 81.2 Å². The molecule has 1 rings (SSSR count). The fourth-order valence-electron chi connectivity index (χ4n) is 2.06. The van der Waals surface area contributed by atoms with Gasteiger partial charge in [-0.1, -0.05) is 13.0 Å². The summed E-state index contributed by atoms with van der Waals surface area (Å²) in [6.07, 6.45) is 1.58. The molecular weight excluding hydrogens is 264 g/mol. The molecule has 0 aliphatic heterocycles. The van der Waals surface area contributed by atoms with Gasteiger partial charge in [0.15, 0.2) is 0 Å². The van der Waals surface area contributed by atoms with Gasteiger partial charge in [0.1, 0.15) is 4.90 Å². The summed E-state index contributed by atoms with van der Waals surface area (Å²) in [6, 6.07) is 0. The standard InChI is InChI=1S/C12H22N4O2S/c1-5-8-15(6-2)19(17,18)12-10(3)14-16(9-7-13)11(12)4/h5H,1,6-9,13H2,2-4H3. The molecule has 1 aromatic heterocycles. The summed E-state index contributed by atoms with van der Waals surface area (Å²) in [7, 11) is -3.53. The number of sulfonamides is 1. The highest BCUT2D eigenvalue weighted by Gasteiger charge is 2.29. The molecule has 1 aromatic rings. The highest BCUT2D eigenvalue weighted by atomic mass is 32.2. The highest BCUT2D eigenvalue weighted by Crippen LogP contribution is 2.23. The summed E-state index contributed by atoms with van der Waals surface area (Å²) in [5.74, 6) is 0. The number of hydrogen-bond acceptors (Lipinski definition) is 4. The van der Waals surface area contributed by atoms with Crippen molar-refractivity contribution in [1.29, 1.82) is 0 Å². The van der Waals surface area contributed by atoms with Crippen LogP contribution in [0.3, 0.4) is 0 Å². The van der Waals surface area contributed by atoms with E-state index in [9.17, 15) is 8.42 Å². The van der Waals surface area contributed by atoms with E-state index >= 15 is 0 Å². The largest absolute Gasteiger partial charge is 0.329 e. The predicted molar refractivity (Wildman–Crippen MR) is 75.4 cm³/mol. The van der Waals surface area contributed by atoms with Gasteiger partial charge < -0.3 is 5.73 Å². The van der Waals surface area contributed by atoms with Crippen molar-refractivity contribution < 1.29 is 8.42 Å². The van der Waals surface area contributed by atoms with Crippen LogP contribution < -0.4 is 5.73 Å². The first kappa shape index (κ1) is 15.9. The van der Waals surface area contributed by atoms with Crippen LogP contribution in [0.15, 0.2) is 17.6 Å². The molecule has 0 aliphatic carbocycles. The lowest BCUT2D eigenvalue weighted by Gasteiger charge is -2.18. The van der Waals surface area contributed by atoms with Crippen molar-refractivity contribution in [3.8, 4) is 0 Å². The second-order valence-electron chi connectivity index (χ2n) is 4.26. The van der Waals surface area contributed by atoms with Crippen LogP contribution in [-0.2, 0) is 16.6 Å².